The third-order valence-corrected chi connectivity index (χ3v) is 12.5. The number of thiophene rings is 1. The summed E-state index contributed by atoms with van der Waals surface area (Å²) in [6, 6.07) is 5.50. The third-order valence-electron chi connectivity index (χ3n) is 11.2. The van der Waals surface area contributed by atoms with Crippen LogP contribution in [-0.2, 0) is 0 Å². The van der Waals surface area contributed by atoms with E-state index < -0.39 is 23.3 Å². The zero-order valence-corrected chi connectivity index (χ0v) is 30.7. The van der Waals surface area contributed by atoms with E-state index in [-0.39, 0.29) is 73.0 Å². The summed E-state index contributed by atoms with van der Waals surface area (Å²) in [7, 11) is 0. The smallest absolute Gasteiger partial charge is 0.329 e. The molecule has 1 amide bonds. The Hall–Kier alpha value is -4.65. The van der Waals surface area contributed by atoms with Gasteiger partial charge in [0.2, 0.25) is 0 Å². The number of anilines is 2. The van der Waals surface area contributed by atoms with E-state index in [9.17, 15) is 14.4 Å². The molecule has 8 rings (SSSR count). The Morgan fingerprint density at radius 1 is 1.26 bits per heavy atom. The fraction of sp³-hybridized carbons (Fsp3) is 0.432. The Morgan fingerprint density at radius 3 is 2.83 bits per heavy atom. The van der Waals surface area contributed by atoms with Gasteiger partial charge in [-0.1, -0.05) is 24.6 Å². The molecular weight excluding hydrogens is 727 g/mol. The number of ether oxygens (including phenoxy) is 1. The summed E-state index contributed by atoms with van der Waals surface area (Å²) >= 11 is 7.86. The normalized spacial score (nSPS) is 22.9. The number of halogens is 4. The van der Waals surface area contributed by atoms with Crippen LogP contribution < -0.4 is 15.4 Å². The second kappa shape index (κ2) is 13.6. The maximum absolute atomic E-state index is 17.3. The van der Waals surface area contributed by atoms with Crippen LogP contribution in [0, 0.1) is 23.0 Å². The van der Waals surface area contributed by atoms with Gasteiger partial charge in [0.25, 0.3) is 0 Å². The Kier molecular flexibility index (Phi) is 9.11. The van der Waals surface area contributed by atoms with Crippen LogP contribution in [0.25, 0.3) is 32.1 Å². The number of nitriles is 1. The number of rotatable bonds is 8. The molecule has 3 aromatic heterocycles. The minimum absolute atomic E-state index is 0.00180. The number of alkyl halides is 1. The van der Waals surface area contributed by atoms with Crippen LogP contribution in [0.1, 0.15) is 51.5 Å². The first kappa shape index (κ1) is 35.4. The number of aromatic nitrogens is 4. The second-order valence-electron chi connectivity index (χ2n) is 14.0. The summed E-state index contributed by atoms with van der Waals surface area (Å²) < 4.78 is 54.9. The highest BCUT2D eigenvalue weighted by Crippen LogP contribution is 2.46. The van der Waals surface area contributed by atoms with Crippen LogP contribution in [0.4, 0.5) is 28.8 Å². The molecular formula is C37H37ClF3N9O2S. The number of carbonyl (C=O) groups excluding carboxylic acids is 1. The number of imidazole rings is 1. The number of nitrogens with two attached hydrogens (primary N) is 1. The number of hydrogen-bond donors (Lipinski definition) is 1. The molecule has 53 heavy (non-hydrogen) atoms. The van der Waals surface area contributed by atoms with Gasteiger partial charge in [0.05, 0.1) is 32.9 Å². The van der Waals surface area contributed by atoms with Crippen molar-refractivity contribution >= 4 is 60.8 Å². The predicted molar refractivity (Wildman–Crippen MR) is 198 cm³/mol. The molecule has 0 saturated carbocycles. The average molecular weight is 764 g/mol. The van der Waals surface area contributed by atoms with Gasteiger partial charge in [-0.05, 0) is 56.8 Å². The third kappa shape index (κ3) is 5.73. The highest BCUT2D eigenvalue weighted by Gasteiger charge is 2.49. The fourth-order valence-corrected chi connectivity index (χ4v) is 10.1. The summed E-state index contributed by atoms with van der Waals surface area (Å²) in [6.07, 6.45) is 6.93. The summed E-state index contributed by atoms with van der Waals surface area (Å²) in [5, 5.41) is 10.5. The first-order chi connectivity index (χ1) is 25.6. The predicted octanol–water partition coefficient (Wildman–Crippen LogP) is 7.40. The van der Waals surface area contributed by atoms with Crippen molar-refractivity contribution < 1.29 is 22.7 Å². The quantitative estimate of drug-likeness (QED) is 0.172. The van der Waals surface area contributed by atoms with Gasteiger partial charge in [-0.25, -0.2) is 22.9 Å². The molecule has 0 bridgehead atoms. The van der Waals surface area contributed by atoms with Crippen LogP contribution in [0.15, 0.2) is 36.9 Å². The van der Waals surface area contributed by atoms with E-state index in [0.717, 1.165) is 30.7 Å². The molecule has 0 radical (unpaired) electrons. The van der Waals surface area contributed by atoms with Crippen molar-refractivity contribution in [2.45, 2.75) is 69.7 Å². The van der Waals surface area contributed by atoms with E-state index in [1.807, 2.05) is 29.7 Å². The van der Waals surface area contributed by atoms with Gasteiger partial charge in [-0.3, -0.25) is 9.47 Å². The van der Waals surface area contributed by atoms with Gasteiger partial charge in [-0.15, -0.1) is 11.3 Å². The van der Waals surface area contributed by atoms with E-state index in [2.05, 4.69) is 14.9 Å². The molecule has 2 N–H and O–H groups in total. The fourth-order valence-electron chi connectivity index (χ4n) is 8.84. The lowest BCUT2D eigenvalue weighted by Gasteiger charge is -2.36. The Labute approximate surface area is 312 Å². The number of amides is 1. The Balaban J connectivity index is 1.28. The van der Waals surface area contributed by atoms with Gasteiger partial charge in [-0.2, -0.15) is 15.2 Å². The van der Waals surface area contributed by atoms with Crippen molar-refractivity contribution in [3.63, 3.8) is 0 Å². The number of nitrogens with zero attached hydrogens (tertiary/aromatic N) is 8. The molecule has 4 atom stereocenters. The number of carbonyl (C=O) groups is 1. The van der Waals surface area contributed by atoms with Gasteiger partial charge in [0, 0.05) is 54.8 Å². The number of hydrogen-bond acceptors (Lipinski definition) is 10. The standard InChI is InChI=1S/C37H37ClF3N9O2S/c1-3-26-27(8-12-50(26)36(51)47-13-10-44-19-47)49(4-2)34-22-14-24(38)29(21-6-7-25(40)32-28(21)23(16-42)33(43)53-32)30(41)31(22)45-35(46-34)52-18-37-9-5-11-48(37)17-20(39)15-37/h6-7,10,13-14,19-20,26-27H,3-5,8-9,11-12,15,17-18,43H2,1-2H3/t20-,26-,27-,37+/m1/s1. The molecule has 276 valence electrons. The maximum Gasteiger partial charge on any atom is 0.329 e. The molecule has 3 aliphatic heterocycles. The van der Waals surface area contributed by atoms with Gasteiger partial charge >= 0.3 is 12.0 Å². The highest BCUT2D eigenvalue weighted by molar-refractivity contribution is 7.23. The highest BCUT2D eigenvalue weighted by atomic mass is 35.5. The summed E-state index contributed by atoms with van der Waals surface area (Å²) in [5.41, 5.74) is 5.67. The van der Waals surface area contributed by atoms with Crippen LogP contribution >= 0.6 is 22.9 Å². The number of likely N-dealkylation sites (N-methyl/N-ethyl adjacent to an activating group) is 1. The number of fused-ring (bicyclic) bond motifs is 3. The topological polar surface area (TPSA) is 129 Å². The van der Waals surface area contributed by atoms with E-state index in [1.165, 1.54) is 23.0 Å². The lowest BCUT2D eigenvalue weighted by Crippen LogP contribution is -2.48. The van der Waals surface area contributed by atoms with Crippen molar-refractivity contribution in [3.8, 4) is 23.2 Å². The minimum Gasteiger partial charge on any atom is -0.461 e. The van der Waals surface area contributed by atoms with Crippen molar-refractivity contribution in [1.29, 1.82) is 5.26 Å². The van der Waals surface area contributed by atoms with E-state index in [4.69, 9.17) is 27.1 Å². The molecule has 5 aromatic rings. The van der Waals surface area contributed by atoms with Crippen molar-refractivity contribution in [2.75, 3.05) is 43.4 Å². The molecule has 3 aliphatic rings. The zero-order valence-electron chi connectivity index (χ0n) is 29.2. The molecule has 3 saturated heterocycles. The number of likely N-dealkylation sites (tertiary alicyclic amines) is 1. The molecule has 0 spiro atoms. The number of benzene rings is 2. The van der Waals surface area contributed by atoms with Crippen molar-refractivity contribution in [3.05, 3.63) is 59.1 Å². The summed E-state index contributed by atoms with van der Waals surface area (Å²) in [5.74, 6) is -1.03. The molecule has 6 heterocycles. The van der Waals surface area contributed by atoms with E-state index in [1.54, 1.807) is 18.5 Å². The lowest BCUT2D eigenvalue weighted by molar-refractivity contribution is 0.107. The van der Waals surface area contributed by atoms with Gasteiger partial charge in [0.1, 0.15) is 47.3 Å². The average Bonchev–Trinajstić information content (AvgIpc) is 3.98. The van der Waals surface area contributed by atoms with Gasteiger partial charge < -0.3 is 20.3 Å². The molecule has 3 fully saturated rings. The van der Waals surface area contributed by atoms with E-state index >= 15 is 8.78 Å². The second-order valence-corrected chi connectivity index (χ2v) is 15.4. The molecule has 0 unspecified atom stereocenters. The van der Waals surface area contributed by atoms with Crippen LogP contribution in [0.5, 0.6) is 6.01 Å². The molecule has 0 aliphatic carbocycles. The largest absolute Gasteiger partial charge is 0.461 e. The first-order valence-electron chi connectivity index (χ1n) is 17.8. The summed E-state index contributed by atoms with van der Waals surface area (Å²) in [6.45, 7) is 6.14. The molecule has 2 aromatic carbocycles. The van der Waals surface area contributed by atoms with Crippen LogP contribution in [0.2, 0.25) is 5.02 Å². The maximum atomic E-state index is 17.3. The van der Waals surface area contributed by atoms with Gasteiger partial charge in [0.15, 0.2) is 5.82 Å². The monoisotopic (exact) mass is 763 g/mol. The van der Waals surface area contributed by atoms with Crippen LogP contribution in [0.3, 0.4) is 0 Å². The minimum atomic E-state index is -0.969. The summed E-state index contributed by atoms with van der Waals surface area (Å²) in [4.78, 5) is 33.1. The molecule has 11 nitrogen and oxygen atoms in total. The van der Waals surface area contributed by atoms with Crippen molar-refractivity contribution in [1.82, 2.24) is 29.3 Å². The number of nitrogen functional groups attached to an aromatic ring is 1. The van der Waals surface area contributed by atoms with Crippen LogP contribution in [-0.4, -0.2) is 91.9 Å². The lowest BCUT2D eigenvalue weighted by atomic mass is 9.95. The Morgan fingerprint density at radius 2 is 2.09 bits per heavy atom. The molecule has 16 heteroatoms. The SMILES string of the molecule is CC[C@@H]1[C@H](N(CC)c2nc(OC[C@@]34CCCN3C[C@H](F)C4)nc3c(F)c(-c4ccc(F)c5sc(N)c(C#N)c45)c(Cl)cc23)CCN1C(=O)n1ccnc1. The van der Waals surface area contributed by atoms with Crippen molar-refractivity contribution in [2.24, 2.45) is 0 Å². The Bertz CT molecular complexity index is 2280. The zero-order chi connectivity index (χ0) is 37.2. The first-order valence-corrected chi connectivity index (χ1v) is 19.0. The van der Waals surface area contributed by atoms with E-state index in [0.29, 0.717) is 50.1 Å².